The quantitative estimate of drug-likeness (QED) is 0.826. The molecule has 1 aromatic rings. The molecule has 1 heterocycles. The molecule has 5 heteroatoms. The number of hydrogen-bond acceptors (Lipinski definition) is 5. The molecule has 1 atom stereocenters. The van der Waals surface area contributed by atoms with E-state index in [-0.39, 0.29) is 6.04 Å². The number of hydrogen-bond donors (Lipinski definition) is 1. The summed E-state index contributed by atoms with van der Waals surface area (Å²) in [4.78, 5) is 7.68. The number of nitrogens with zero attached hydrogens (tertiary/aromatic N) is 3. The standard InChI is InChI=1S/C11H18N4S/c1-4-13-11-14-7-10(16-11)8-15(3)9(2)5-6-12/h7,9H,4-5,8H2,1-3H3,(H,13,14). The van der Waals surface area contributed by atoms with Gasteiger partial charge in [0.15, 0.2) is 5.13 Å². The molecule has 4 nitrogen and oxygen atoms in total. The highest BCUT2D eigenvalue weighted by molar-refractivity contribution is 7.15. The number of aromatic nitrogens is 1. The van der Waals surface area contributed by atoms with Crippen molar-refractivity contribution in [3.8, 4) is 6.07 Å². The van der Waals surface area contributed by atoms with Crippen LogP contribution in [0.15, 0.2) is 6.20 Å². The molecule has 0 bridgehead atoms. The van der Waals surface area contributed by atoms with Crippen molar-refractivity contribution in [3.05, 3.63) is 11.1 Å². The third-order valence-corrected chi connectivity index (χ3v) is 3.37. The Morgan fingerprint density at radius 3 is 3.06 bits per heavy atom. The van der Waals surface area contributed by atoms with Gasteiger partial charge in [0, 0.05) is 30.2 Å². The second kappa shape index (κ2) is 6.46. The SMILES string of the molecule is CCNc1ncc(CN(C)C(C)CC#N)s1. The van der Waals surface area contributed by atoms with Crippen LogP contribution in [0.5, 0.6) is 0 Å². The van der Waals surface area contributed by atoms with Gasteiger partial charge in [0.25, 0.3) is 0 Å². The lowest BCUT2D eigenvalue weighted by molar-refractivity contribution is 0.254. The van der Waals surface area contributed by atoms with Crippen molar-refractivity contribution >= 4 is 16.5 Å². The predicted octanol–water partition coefficient (Wildman–Crippen LogP) is 2.31. The number of nitrogens with one attached hydrogen (secondary N) is 1. The average molecular weight is 238 g/mol. The van der Waals surface area contributed by atoms with Crippen molar-refractivity contribution in [1.29, 1.82) is 5.26 Å². The third-order valence-electron chi connectivity index (χ3n) is 2.43. The van der Waals surface area contributed by atoms with Gasteiger partial charge < -0.3 is 5.32 Å². The van der Waals surface area contributed by atoms with Gasteiger partial charge in [-0.1, -0.05) is 0 Å². The van der Waals surface area contributed by atoms with Crippen molar-refractivity contribution in [2.24, 2.45) is 0 Å². The van der Waals surface area contributed by atoms with Crippen molar-refractivity contribution in [3.63, 3.8) is 0 Å². The molecule has 16 heavy (non-hydrogen) atoms. The first-order chi connectivity index (χ1) is 7.67. The molecule has 0 saturated carbocycles. The highest BCUT2D eigenvalue weighted by Gasteiger charge is 2.10. The van der Waals surface area contributed by atoms with E-state index in [2.05, 4.69) is 35.1 Å². The summed E-state index contributed by atoms with van der Waals surface area (Å²) in [7, 11) is 2.04. The summed E-state index contributed by atoms with van der Waals surface area (Å²) in [5.74, 6) is 0. The minimum Gasteiger partial charge on any atom is -0.362 e. The van der Waals surface area contributed by atoms with E-state index in [4.69, 9.17) is 5.26 Å². The number of anilines is 1. The maximum atomic E-state index is 8.63. The fourth-order valence-corrected chi connectivity index (χ4v) is 2.25. The van der Waals surface area contributed by atoms with E-state index in [1.54, 1.807) is 11.3 Å². The van der Waals surface area contributed by atoms with Crippen LogP contribution >= 0.6 is 11.3 Å². The molecule has 0 spiro atoms. The molecule has 88 valence electrons. The Balaban J connectivity index is 2.49. The number of rotatable bonds is 6. The summed E-state index contributed by atoms with van der Waals surface area (Å²) in [6.07, 6.45) is 2.47. The molecule has 0 aliphatic carbocycles. The minimum atomic E-state index is 0.287. The molecule has 1 aromatic heterocycles. The Kier molecular flexibility index (Phi) is 5.23. The predicted molar refractivity (Wildman–Crippen MR) is 67.4 cm³/mol. The van der Waals surface area contributed by atoms with Crippen LogP contribution in [0.1, 0.15) is 25.1 Å². The van der Waals surface area contributed by atoms with Crippen LogP contribution in [-0.2, 0) is 6.54 Å². The Hall–Kier alpha value is -1.12. The zero-order chi connectivity index (χ0) is 12.0. The van der Waals surface area contributed by atoms with E-state index < -0.39 is 0 Å². The maximum absolute atomic E-state index is 8.63. The summed E-state index contributed by atoms with van der Waals surface area (Å²) < 4.78 is 0. The summed E-state index contributed by atoms with van der Waals surface area (Å²) >= 11 is 1.67. The van der Waals surface area contributed by atoms with Gasteiger partial charge in [0.2, 0.25) is 0 Å². The summed E-state index contributed by atoms with van der Waals surface area (Å²) in [6, 6.07) is 2.48. The van der Waals surface area contributed by atoms with Crippen LogP contribution in [0.2, 0.25) is 0 Å². The second-order valence-corrected chi connectivity index (χ2v) is 4.90. The van der Waals surface area contributed by atoms with E-state index in [1.807, 2.05) is 13.2 Å². The fourth-order valence-electron chi connectivity index (χ4n) is 1.30. The number of thiazole rings is 1. The van der Waals surface area contributed by atoms with Crippen LogP contribution in [0.25, 0.3) is 0 Å². The van der Waals surface area contributed by atoms with E-state index >= 15 is 0 Å². The van der Waals surface area contributed by atoms with Gasteiger partial charge in [-0.15, -0.1) is 11.3 Å². The lowest BCUT2D eigenvalue weighted by Crippen LogP contribution is -2.27. The zero-order valence-electron chi connectivity index (χ0n) is 10.0. The molecule has 0 fully saturated rings. The Bertz CT molecular complexity index is 355. The van der Waals surface area contributed by atoms with Crippen LogP contribution in [-0.4, -0.2) is 29.5 Å². The van der Waals surface area contributed by atoms with Crippen LogP contribution in [0.4, 0.5) is 5.13 Å². The lowest BCUT2D eigenvalue weighted by atomic mass is 10.2. The van der Waals surface area contributed by atoms with Crippen LogP contribution in [0.3, 0.4) is 0 Å². The Morgan fingerprint density at radius 1 is 1.69 bits per heavy atom. The van der Waals surface area contributed by atoms with Gasteiger partial charge in [-0.25, -0.2) is 4.98 Å². The molecular formula is C11H18N4S. The van der Waals surface area contributed by atoms with E-state index in [0.29, 0.717) is 6.42 Å². The van der Waals surface area contributed by atoms with Crippen molar-refractivity contribution in [2.45, 2.75) is 32.9 Å². The largest absolute Gasteiger partial charge is 0.362 e. The molecule has 0 amide bonds. The first-order valence-electron chi connectivity index (χ1n) is 5.43. The van der Waals surface area contributed by atoms with Crippen LogP contribution in [0, 0.1) is 11.3 Å². The Morgan fingerprint density at radius 2 is 2.44 bits per heavy atom. The second-order valence-electron chi connectivity index (χ2n) is 3.79. The fraction of sp³-hybridized carbons (Fsp3) is 0.636. The first-order valence-corrected chi connectivity index (χ1v) is 6.24. The lowest BCUT2D eigenvalue weighted by Gasteiger charge is -2.21. The van der Waals surface area contributed by atoms with E-state index in [9.17, 15) is 0 Å². The van der Waals surface area contributed by atoms with Crippen LogP contribution < -0.4 is 5.32 Å². The molecule has 0 radical (unpaired) electrons. The monoisotopic (exact) mass is 238 g/mol. The minimum absolute atomic E-state index is 0.287. The van der Waals surface area contributed by atoms with Crippen molar-refractivity contribution in [2.75, 3.05) is 18.9 Å². The van der Waals surface area contributed by atoms with E-state index in [0.717, 1.165) is 18.2 Å². The molecule has 0 aliphatic rings. The van der Waals surface area contributed by atoms with Crippen molar-refractivity contribution < 1.29 is 0 Å². The Labute approximate surface area is 101 Å². The zero-order valence-corrected chi connectivity index (χ0v) is 10.8. The van der Waals surface area contributed by atoms with E-state index in [1.165, 1.54) is 4.88 Å². The van der Waals surface area contributed by atoms with Gasteiger partial charge in [-0.05, 0) is 20.9 Å². The van der Waals surface area contributed by atoms with Gasteiger partial charge in [-0.3, -0.25) is 4.90 Å². The smallest absolute Gasteiger partial charge is 0.182 e. The third kappa shape index (κ3) is 3.80. The molecule has 1 unspecified atom stereocenters. The molecule has 0 aromatic carbocycles. The van der Waals surface area contributed by atoms with Crippen molar-refractivity contribution in [1.82, 2.24) is 9.88 Å². The van der Waals surface area contributed by atoms with Gasteiger partial charge >= 0.3 is 0 Å². The van der Waals surface area contributed by atoms with Gasteiger partial charge in [-0.2, -0.15) is 5.26 Å². The highest BCUT2D eigenvalue weighted by atomic mass is 32.1. The first kappa shape index (κ1) is 12.9. The molecule has 1 N–H and O–H groups in total. The van der Waals surface area contributed by atoms with Gasteiger partial charge in [0.1, 0.15) is 0 Å². The normalized spacial score (nSPS) is 12.4. The molecule has 0 aliphatic heterocycles. The summed E-state index contributed by atoms with van der Waals surface area (Å²) in [6.45, 7) is 5.87. The molecular weight excluding hydrogens is 220 g/mol. The maximum Gasteiger partial charge on any atom is 0.182 e. The average Bonchev–Trinajstić information content (AvgIpc) is 2.66. The van der Waals surface area contributed by atoms with Gasteiger partial charge in [0.05, 0.1) is 12.5 Å². The topological polar surface area (TPSA) is 52.0 Å². The molecule has 1 rings (SSSR count). The summed E-state index contributed by atoms with van der Waals surface area (Å²) in [5.41, 5.74) is 0. The highest BCUT2D eigenvalue weighted by Crippen LogP contribution is 2.19. The number of nitriles is 1. The molecule has 0 saturated heterocycles. The summed E-state index contributed by atoms with van der Waals surface area (Å²) in [5, 5.41) is 12.8.